The first-order valence-corrected chi connectivity index (χ1v) is 11.8. The van der Waals surface area contributed by atoms with Gasteiger partial charge in [0, 0.05) is 10.0 Å². The molecule has 3 aromatic carbocycles. The summed E-state index contributed by atoms with van der Waals surface area (Å²) in [6.45, 7) is 2.93. The van der Waals surface area contributed by atoms with Crippen LogP contribution in [-0.4, -0.2) is 18.7 Å². The lowest BCUT2D eigenvalue weighted by Crippen LogP contribution is -2.17. The highest BCUT2D eigenvalue weighted by Crippen LogP contribution is 2.35. The van der Waals surface area contributed by atoms with Gasteiger partial charge in [0.2, 0.25) is 0 Å². The summed E-state index contributed by atoms with van der Waals surface area (Å²) in [7, 11) is 0. The van der Waals surface area contributed by atoms with E-state index < -0.39 is 0 Å². The number of nitrogens with one attached hydrogen (secondary N) is 1. The molecule has 31 heavy (non-hydrogen) atoms. The number of hydrazone groups is 1. The molecule has 0 saturated carbocycles. The van der Waals surface area contributed by atoms with Crippen molar-refractivity contribution in [2.24, 2.45) is 5.10 Å². The van der Waals surface area contributed by atoms with Crippen LogP contribution in [0.4, 0.5) is 0 Å². The molecule has 0 aliphatic heterocycles. The second-order valence-electron chi connectivity index (χ2n) is 6.39. The zero-order chi connectivity index (χ0) is 22.2. The number of halogens is 3. The number of ether oxygens (including phenoxy) is 2. The van der Waals surface area contributed by atoms with E-state index in [-0.39, 0.29) is 5.91 Å². The van der Waals surface area contributed by atoms with Crippen molar-refractivity contribution in [3.8, 4) is 11.5 Å². The molecule has 0 fully saturated rings. The fraction of sp³-hybridized carbons (Fsp3) is 0.130. The van der Waals surface area contributed by atoms with E-state index in [1.54, 1.807) is 30.5 Å². The summed E-state index contributed by atoms with van der Waals surface area (Å²) in [6, 6.07) is 18.6. The highest BCUT2D eigenvalue weighted by molar-refractivity contribution is 9.11. The van der Waals surface area contributed by atoms with Crippen molar-refractivity contribution >= 4 is 59.9 Å². The molecule has 0 bridgehead atoms. The third-order valence-electron chi connectivity index (χ3n) is 4.12. The molecule has 1 amide bonds. The number of amides is 1. The van der Waals surface area contributed by atoms with E-state index in [4.69, 9.17) is 9.47 Å². The van der Waals surface area contributed by atoms with Crippen molar-refractivity contribution in [2.75, 3.05) is 6.61 Å². The van der Waals surface area contributed by atoms with Crippen LogP contribution in [0.1, 0.15) is 28.4 Å². The predicted molar refractivity (Wildman–Crippen MR) is 133 cm³/mol. The fourth-order valence-corrected chi connectivity index (χ4v) is 4.34. The van der Waals surface area contributed by atoms with Gasteiger partial charge in [0.1, 0.15) is 18.1 Å². The molecule has 8 heteroatoms. The van der Waals surface area contributed by atoms with Crippen LogP contribution in [0, 0.1) is 0 Å². The van der Waals surface area contributed by atoms with Crippen LogP contribution in [0.15, 0.2) is 79.2 Å². The average molecular weight is 611 g/mol. The quantitative estimate of drug-likeness (QED) is 0.228. The summed E-state index contributed by atoms with van der Waals surface area (Å²) in [6.07, 6.45) is 1.57. The van der Waals surface area contributed by atoms with E-state index in [0.717, 1.165) is 30.3 Å². The topological polar surface area (TPSA) is 59.9 Å². The third-order valence-corrected chi connectivity index (χ3v) is 5.83. The molecule has 160 valence electrons. The van der Waals surface area contributed by atoms with Crippen molar-refractivity contribution < 1.29 is 14.3 Å². The summed E-state index contributed by atoms with van der Waals surface area (Å²) >= 11 is 10.5. The standard InChI is InChI=1S/C23H19Br3N2O3/c1-2-30-19-9-5-17(6-10-19)23(29)28-27-13-16-11-20(25)22(21(26)12-16)31-14-15-3-7-18(24)8-4-15/h3-13H,2,14H2,1H3,(H,28,29)/b27-13+. The largest absolute Gasteiger partial charge is 0.494 e. The lowest BCUT2D eigenvalue weighted by atomic mass is 10.2. The fourth-order valence-electron chi connectivity index (χ4n) is 2.63. The zero-order valence-electron chi connectivity index (χ0n) is 16.6. The minimum Gasteiger partial charge on any atom is -0.494 e. The van der Waals surface area contributed by atoms with Crippen LogP contribution in [0.25, 0.3) is 0 Å². The Bertz CT molecular complexity index is 1050. The van der Waals surface area contributed by atoms with Gasteiger partial charge < -0.3 is 9.47 Å². The predicted octanol–water partition coefficient (Wildman–Crippen LogP) is 6.72. The second-order valence-corrected chi connectivity index (χ2v) is 9.01. The van der Waals surface area contributed by atoms with E-state index >= 15 is 0 Å². The van der Waals surface area contributed by atoms with Gasteiger partial charge in [0.05, 0.1) is 21.8 Å². The highest BCUT2D eigenvalue weighted by Gasteiger charge is 2.09. The Hall–Kier alpha value is -2.16. The van der Waals surface area contributed by atoms with E-state index in [2.05, 4.69) is 58.3 Å². The molecule has 0 unspecified atom stereocenters. The number of carbonyl (C=O) groups is 1. The first kappa shape index (κ1) is 23.5. The Balaban J connectivity index is 1.60. The SMILES string of the molecule is CCOc1ccc(C(=O)N/N=C/c2cc(Br)c(OCc3ccc(Br)cc3)c(Br)c2)cc1. The zero-order valence-corrected chi connectivity index (χ0v) is 21.3. The van der Waals surface area contributed by atoms with Crippen LogP contribution < -0.4 is 14.9 Å². The Kier molecular flexibility index (Phi) is 8.69. The lowest BCUT2D eigenvalue weighted by Gasteiger charge is -2.11. The van der Waals surface area contributed by atoms with E-state index in [1.165, 1.54) is 0 Å². The van der Waals surface area contributed by atoms with Gasteiger partial charge >= 0.3 is 0 Å². The van der Waals surface area contributed by atoms with Crippen LogP contribution in [0.3, 0.4) is 0 Å². The number of benzene rings is 3. The minimum atomic E-state index is -0.299. The van der Waals surface area contributed by atoms with Gasteiger partial charge in [-0.3, -0.25) is 4.79 Å². The van der Waals surface area contributed by atoms with Gasteiger partial charge in [-0.05, 0) is 98.4 Å². The highest BCUT2D eigenvalue weighted by atomic mass is 79.9. The van der Waals surface area contributed by atoms with Gasteiger partial charge in [-0.1, -0.05) is 28.1 Å². The summed E-state index contributed by atoms with van der Waals surface area (Å²) in [5.74, 6) is 1.12. The normalized spacial score (nSPS) is 10.8. The molecule has 0 heterocycles. The van der Waals surface area contributed by atoms with Crippen molar-refractivity contribution in [1.82, 2.24) is 5.43 Å². The minimum absolute atomic E-state index is 0.299. The molecule has 1 N–H and O–H groups in total. The molecular formula is C23H19Br3N2O3. The second kappa shape index (κ2) is 11.5. The van der Waals surface area contributed by atoms with Crippen molar-refractivity contribution in [3.05, 3.63) is 90.8 Å². The maximum Gasteiger partial charge on any atom is 0.271 e. The van der Waals surface area contributed by atoms with Crippen LogP contribution in [-0.2, 0) is 6.61 Å². The maximum absolute atomic E-state index is 12.2. The molecule has 5 nitrogen and oxygen atoms in total. The lowest BCUT2D eigenvalue weighted by molar-refractivity contribution is 0.0955. The molecule has 0 atom stereocenters. The first-order chi connectivity index (χ1) is 15.0. The van der Waals surface area contributed by atoms with Gasteiger partial charge in [0.25, 0.3) is 5.91 Å². The van der Waals surface area contributed by atoms with Gasteiger partial charge in [-0.15, -0.1) is 0 Å². The molecule has 3 rings (SSSR count). The van der Waals surface area contributed by atoms with Gasteiger partial charge in [-0.25, -0.2) is 5.43 Å². The van der Waals surface area contributed by atoms with Gasteiger partial charge in [-0.2, -0.15) is 5.10 Å². The summed E-state index contributed by atoms with van der Waals surface area (Å²) in [5.41, 5.74) is 4.88. The molecule has 0 aliphatic rings. The molecule has 3 aromatic rings. The van der Waals surface area contributed by atoms with Crippen LogP contribution >= 0.6 is 47.8 Å². The van der Waals surface area contributed by atoms with E-state index in [9.17, 15) is 4.79 Å². The van der Waals surface area contributed by atoms with Crippen LogP contribution in [0.2, 0.25) is 0 Å². The molecule has 0 saturated heterocycles. The van der Waals surface area contributed by atoms with Gasteiger partial charge in [0.15, 0.2) is 0 Å². The first-order valence-electron chi connectivity index (χ1n) is 9.39. The number of hydrogen-bond donors (Lipinski definition) is 1. The molecular weight excluding hydrogens is 592 g/mol. The van der Waals surface area contributed by atoms with Crippen molar-refractivity contribution in [1.29, 1.82) is 0 Å². The maximum atomic E-state index is 12.2. The smallest absolute Gasteiger partial charge is 0.271 e. The molecule has 0 radical (unpaired) electrons. The van der Waals surface area contributed by atoms with E-state index in [0.29, 0.717) is 24.5 Å². The summed E-state index contributed by atoms with van der Waals surface area (Å²) in [5, 5.41) is 4.05. The Morgan fingerprint density at radius 1 is 0.968 bits per heavy atom. The Morgan fingerprint density at radius 2 is 1.61 bits per heavy atom. The third kappa shape index (κ3) is 6.92. The average Bonchev–Trinajstić information content (AvgIpc) is 2.75. The molecule has 0 aliphatic carbocycles. The summed E-state index contributed by atoms with van der Waals surface area (Å²) in [4.78, 5) is 12.2. The van der Waals surface area contributed by atoms with E-state index in [1.807, 2.05) is 43.3 Å². The Labute approximate surface area is 206 Å². The van der Waals surface area contributed by atoms with Crippen molar-refractivity contribution in [2.45, 2.75) is 13.5 Å². The van der Waals surface area contributed by atoms with Crippen molar-refractivity contribution in [3.63, 3.8) is 0 Å². The van der Waals surface area contributed by atoms with Crippen LogP contribution in [0.5, 0.6) is 11.5 Å². The monoisotopic (exact) mass is 608 g/mol. The number of rotatable bonds is 8. The number of hydrogen-bond acceptors (Lipinski definition) is 4. The number of nitrogens with zero attached hydrogens (tertiary/aromatic N) is 1. The molecule has 0 spiro atoms. The summed E-state index contributed by atoms with van der Waals surface area (Å²) < 4.78 is 13.9. The molecule has 0 aromatic heterocycles. The number of carbonyl (C=O) groups excluding carboxylic acids is 1. The Morgan fingerprint density at radius 3 is 2.23 bits per heavy atom.